The standard InChI is InChI=1S/C9H15NO2/c1-12-8(11)9-4-2-3-7(9)10-6-5-9/h7,10H,2-6H2,1H3/t7-,9-/m0/s1. The maximum atomic E-state index is 11.6. The van der Waals surface area contributed by atoms with Crippen molar-refractivity contribution in [3.05, 3.63) is 0 Å². The van der Waals surface area contributed by atoms with Crippen molar-refractivity contribution >= 4 is 5.97 Å². The first-order chi connectivity index (χ1) is 5.79. The molecule has 3 heteroatoms. The molecule has 12 heavy (non-hydrogen) atoms. The lowest BCUT2D eigenvalue weighted by molar-refractivity contribution is -0.152. The van der Waals surface area contributed by atoms with E-state index in [1.807, 2.05) is 0 Å². The van der Waals surface area contributed by atoms with Gasteiger partial charge in [0.25, 0.3) is 0 Å². The lowest BCUT2D eigenvalue weighted by Gasteiger charge is -2.24. The van der Waals surface area contributed by atoms with Crippen LogP contribution in [0.2, 0.25) is 0 Å². The highest BCUT2D eigenvalue weighted by Gasteiger charge is 2.52. The first kappa shape index (κ1) is 8.05. The van der Waals surface area contributed by atoms with E-state index in [2.05, 4.69) is 5.32 Å². The summed E-state index contributed by atoms with van der Waals surface area (Å²) in [6.45, 7) is 0.972. The fraction of sp³-hybridized carbons (Fsp3) is 0.889. The second-order valence-electron chi connectivity index (χ2n) is 3.80. The molecule has 1 aliphatic carbocycles. The monoisotopic (exact) mass is 169 g/mol. The molecule has 2 atom stereocenters. The molecule has 2 rings (SSSR count). The largest absolute Gasteiger partial charge is 0.469 e. The number of esters is 1. The maximum absolute atomic E-state index is 11.6. The maximum Gasteiger partial charge on any atom is 0.313 e. The van der Waals surface area contributed by atoms with Gasteiger partial charge in [0.15, 0.2) is 0 Å². The summed E-state index contributed by atoms with van der Waals surface area (Å²) in [6, 6.07) is 0.393. The summed E-state index contributed by atoms with van der Waals surface area (Å²) < 4.78 is 4.86. The lowest BCUT2D eigenvalue weighted by atomic mass is 9.82. The summed E-state index contributed by atoms with van der Waals surface area (Å²) in [4.78, 5) is 11.6. The number of hydrogen-bond donors (Lipinski definition) is 1. The molecule has 0 aromatic carbocycles. The van der Waals surface area contributed by atoms with E-state index in [0.717, 1.165) is 32.2 Å². The highest BCUT2D eigenvalue weighted by atomic mass is 16.5. The van der Waals surface area contributed by atoms with Crippen LogP contribution < -0.4 is 5.32 Å². The molecule has 2 aliphatic rings. The Morgan fingerprint density at radius 1 is 1.58 bits per heavy atom. The molecule has 0 radical (unpaired) electrons. The summed E-state index contributed by atoms with van der Waals surface area (Å²) in [5.74, 6) is -0.00463. The van der Waals surface area contributed by atoms with Crippen LogP contribution in [0.15, 0.2) is 0 Å². The van der Waals surface area contributed by atoms with Gasteiger partial charge >= 0.3 is 5.97 Å². The highest BCUT2D eigenvalue weighted by Crippen LogP contribution is 2.45. The van der Waals surface area contributed by atoms with Gasteiger partial charge in [-0.2, -0.15) is 0 Å². The molecule has 1 heterocycles. The van der Waals surface area contributed by atoms with Crippen molar-refractivity contribution in [1.29, 1.82) is 0 Å². The second-order valence-corrected chi connectivity index (χ2v) is 3.80. The van der Waals surface area contributed by atoms with E-state index in [-0.39, 0.29) is 11.4 Å². The first-order valence-corrected chi connectivity index (χ1v) is 4.61. The molecule has 1 N–H and O–H groups in total. The molecule has 1 saturated carbocycles. The Hall–Kier alpha value is -0.570. The van der Waals surface area contributed by atoms with Crippen LogP contribution in [-0.2, 0) is 9.53 Å². The minimum Gasteiger partial charge on any atom is -0.469 e. The minimum absolute atomic E-state index is 0.00463. The van der Waals surface area contributed by atoms with Gasteiger partial charge in [0, 0.05) is 6.04 Å². The molecule has 0 unspecified atom stereocenters. The second kappa shape index (κ2) is 2.73. The number of fused-ring (bicyclic) bond motifs is 1. The zero-order chi connectivity index (χ0) is 8.60. The van der Waals surface area contributed by atoms with E-state index >= 15 is 0 Å². The van der Waals surface area contributed by atoms with Crippen molar-refractivity contribution in [2.45, 2.75) is 31.7 Å². The normalized spacial score (nSPS) is 39.6. The molecule has 1 saturated heterocycles. The minimum atomic E-state index is -0.158. The molecule has 2 fully saturated rings. The van der Waals surface area contributed by atoms with E-state index in [9.17, 15) is 4.79 Å². The topological polar surface area (TPSA) is 38.3 Å². The third kappa shape index (κ3) is 0.891. The van der Waals surface area contributed by atoms with E-state index < -0.39 is 0 Å². The summed E-state index contributed by atoms with van der Waals surface area (Å²) in [6.07, 6.45) is 4.27. The van der Waals surface area contributed by atoms with Crippen molar-refractivity contribution in [2.75, 3.05) is 13.7 Å². The van der Waals surface area contributed by atoms with Gasteiger partial charge in [0.1, 0.15) is 0 Å². The van der Waals surface area contributed by atoms with Gasteiger partial charge in [0.05, 0.1) is 12.5 Å². The summed E-state index contributed by atoms with van der Waals surface area (Å²) >= 11 is 0. The van der Waals surface area contributed by atoms with Gasteiger partial charge in [-0.15, -0.1) is 0 Å². The molecule has 3 nitrogen and oxygen atoms in total. The quantitative estimate of drug-likeness (QED) is 0.587. The number of carbonyl (C=O) groups excluding carboxylic acids is 1. The van der Waals surface area contributed by atoms with Gasteiger partial charge in [-0.3, -0.25) is 4.79 Å². The van der Waals surface area contributed by atoms with Gasteiger partial charge in [0.2, 0.25) is 0 Å². The highest BCUT2D eigenvalue weighted by molar-refractivity contribution is 5.78. The number of methoxy groups -OCH3 is 1. The van der Waals surface area contributed by atoms with Crippen LogP contribution in [0.4, 0.5) is 0 Å². The van der Waals surface area contributed by atoms with Crippen LogP contribution >= 0.6 is 0 Å². The van der Waals surface area contributed by atoms with Crippen LogP contribution in [0.25, 0.3) is 0 Å². The van der Waals surface area contributed by atoms with Crippen LogP contribution in [-0.4, -0.2) is 25.7 Å². The SMILES string of the molecule is COC(=O)[C@]12CCC[C@@H]1NCC2. The van der Waals surface area contributed by atoms with Crippen molar-refractivity contribution in [1.82, 2.24) is 5.32 Å². The predicted octanol–water partition coefficient (Wildman–Crippen LogP) is 0.692. The van der Waals surface area contributed by atoms with Crippen molar-refractivity contribution in [3.8, 4) is 0 Å². The smallest absolute Gasteiger partial charge is 0.313 e. The van der Waals surface area contributed by atoms with Crippen molar-refractivity contribution < 1.29 is 9.53 Å². The van der Waals surface area contributed by atoms with Crippen LogP contribution in [0.5, 0.6) is 0 Å². The molecule has 1 aliphatic heterocycles. The van der Waals surface area contributed by atoms with Gasteiger partial charge in [-0.25, -0.2) is 0 Å². The molecular weight excluding hydrogens is 154 g/mol. The molecule has 0 aromatic rings. The average molecular weight is 169 g/mol. The van der Waals surface area contributed by atoms with E-state index in [1.165, 1.54) is 7.11 Å². The van der Waals surface area contributed by atoms with E-state index in [4.69, 9.17) is 4.74 Å². The molecular formula is C9H15NO2. The third-order valence-corrected chi connectivity index (χ3v) is 3.34. The Morgan fingerprint density at radius 2 is 2.42 bits per heavy atom. The Labute approximate surface area is 72.5 Å². The Kier molecular flexibility index (Phi) is 1.83. The van der Waals surface area contributed by atoms with E-state index in [1.54, 1.807) is 0 Å². The number of ether oxygens (including phenoxy) is 1. The van der Waals surface area contributed by atoms with Gasteiger partial charge in [-0.05, 0) is 25.8 Å². The predicted molar refractivity (Wildman–Crippen MR) is 44.7 cm³/mol. The number of carbonyl (C=O) groups is 1. The van der Waals surface area contributed by atoms with Crippen LogP contribution in [0, 0.1) is 5.41 Å². The molecule has 0 aromatic heterocycles. The van der Waals surface area contributed by atoms with Crippen molar-refractivity contribution in [3.63, 3.8) is 0 Å². The molecule has 68 valence electrons. The van der Waals surface area contributed by atoms with E-state index in [0.29, 0.717) is 6.04 Å². The number of hydrogen-bond acceptors (Lipinski definition) is 3. The lowest BCUT2D eigenvalue weighted by Crippen LogP contribution is -2.39. The molecule has 0 bridgehead atoms. The first-order valence-electron chi connectivity index (χ1n) is 4.61. The fourth-order valence-corrected chi connectivity index (χ4v) is 2.69. The molecule has 0 spiro atoms. The zero-order valence-electron chi connectivity index (χ0n) is 7.43. The van der Waals surface area contributed by atoms with Crippen LogP contribution in [0.3, 0.4) is 0 Å². The van der Waals surface area contributed by atoms with Crippen molar-refractivity contribution in [2.24, 2.45) is 5.41 Å². The Balaban J connectivity index is 2.21. The molecule has 0 amide bonds. The van der Waals surface area contributed by atoms with Crippen LogP contribution in [0.1, 0.15) is 25.7 Å². The Morgan fingerprint density at radius 3 is 3.17 bits per heavy atom. The summed E-state index contributed by atoms with van der Waals surface area (Å²) in [5.41, 5.74) is -0.158. The summed E-state index contributed by atoms with van der Waals surface area (Å²) in [7, 11) is 1.49. The number of rotatable bonds is 1. The Bertz CT molecular complexity index is 193. The number of nitrogens with one attached hydrogen (secondary N) is 1. The average Bonchev–Trinajstić information content (AvgIpc) is 2.60. The fourth-order valence-electron chi connectivity index (χ4n) is 2.69. The third-order valence-electron chi connectivity index (χ3n) is 3.34. The summed E-state index contributed by atoms with van der Waals surface area (Å²) in [5, 5.41) is 3.37. The van der Waals surface area contributed by atoms with Gasteiger partial charge < -0.3 is 10.1 Å². The zero-order valence-corrected chi connectivity index (χ0v) is 7.43. The van der Waals surface area contributed by atoms with Gasteiger partial charge in [-0.1, -0.05) is 6.42 Å².